The zero-order valence-corrected chi connectivity index (χ0v) is 15.8. The van der Waals surface area contributed by atoms with Crippen molar-refractivity contribution < 1.29 is 27.9 Å². The van der Waals surface area contributed by atoms with E-state index in [0.29, 0.717) is 19.5 Å². The normalized spacial score (nSPS) is 19.3. The Balaban J connectivity index is 1.66. The van der Waals surface area contributed by atoms with Crippen LogP contribution in [0.25, 0.3) is 0 Å². The minimum Gasteiger partial charge on any atom is -0.443 e. The van der Waals surface area contributed by atoms with E-state index in [4.69, 9.17) is 10.5 Å². The van der Waals surface area contributed by atoms with Gasteiger partial charge >= 0.3 is 6.09 Å². The summed E-state index contributed by atoms with van der Waals surface area (Å²) in [4.78, 5) is 38.5. The number of amides is 3. The molecule has 2 aliphatic heterocycles. The van der Waals surface area contributed by atoms with Crippen LogP contribution in [-0.2, 0) is 14.3 Å². The van der Waals surface area contributed by atoms with Crippen LogP contribution < -0.4 is 20.9 Å². The second-order valence-corrected chi connectivity index (χ2v) is 6.80. The molecule has 0 radical (unpaired) electrons. The Bertz CT molecular complexity index is 763. The SMILES string of the molecule is NCC1CN(c2cc(F)c(N3CCN(C(=O)CCNC=O)CC3)c(F)c2)C(=O)O1. The van der Waals surface area contributed by atoms with E-state index in [-0.39, 0.29) is 56.4 Å². The van der Waals surface area contributed by atoms with Gasteiger partial charge in [0.05, 0.1) is 12.2 Å². The van der Waals surface area contributed by atoms with Crippen LogP contribution in [0.5, 0.6) is 0 Å². The Labute approximate surface area is 166 Å². The maximum atomic E-state index is 14.7. The summed E-state index contributed by atoms with van der Waals surface area (Å²) in [6.07, 6.45) is -0.506. The Kier molecular flexibility index (Phi) is 6.47. The third-order valence-electron chi connectivity index (χ3n) is 4.97. The highest BCUT2D eigenvalue weighted by Gasteiger charge is 2.33. The highest BCUT2D eigenvalue weighted by Crippen LogP contribution is 2.31. The molecule has 1 aromatic carbocycles. The molecule has 29 heavy (non-hydrogen) atoms. The van der Waals surface area contributed by atoms with Crippen molar-refractivity contribution in [2.45, 2.75) is 12.5 Å². The van der Waals surface area contributed by atoms with E-state index in [9.17, 15) is 23.2 Å². The van der Waals surface area contributed by atoms with Crippen molar-refractivity contribution in [2.75, 3.05) is 55.6 Å². The van der Waals surface area contributed by atoms with Gasteiger partial charge in [-0.2, -0.15) is 0 Å². The number of rotatable bonds is 7. The van der Waals surface area contributed by atoms with Crippen molar-refractivity contribution in [1.29, 1.82) is 0 Å². The van der Waals surface area contributed by atoms with Crippen molar-refractivity contribution >= 4 is 29.8 Å². The number of nitrogens with two attached hydrogens (primary N) is 1. The lowest BCUT2D eigenvalue weighted by molar-refractivity contribution is -0.131. The number of hydrogen-bond donors (Lipinski definition) is 2. The summed E-state index contributed by atoms with van der Waals surface area (Å²) in [5.74, 6) is -1.71. The molecule has 2 heterocycles. The highest BCUT2D eigenvalue weighted by atomic mass is 19.1. The average Bonchev–Trinajstić information content (AvgIpc) is 3.09. The summed E-state index contributed by atoms with van der Waals surface area (Å²) in [6.45, 7) is 1.67. The molecule has 3 amide bonds. The molecule has 1 unspecified atom stereocenters. The molecule has 158 valence electrons. The molecule has 9 nitrogen and oxygen atoms in total. The number of ether oxygens (including phenoxy) is 1. The van der Waals surface area contributed by atoms with Crippen molar-refractivity contribution in [1.82, 2.24) is 10.2 Å². The first-order valence-corrected chi connectivity index (χ1v) is 9.31. The largest absolute Gasteiger partial charge is 0.443 e. The van der Waals surface area contributed by atoms with Gasteiger partial charge in [-0.1, -0.05) is 0 Å². The van der Waals surface area contributed by atoms with Crippen LogP contribution in [0.2, 0.25) is 0 Å². The highest BCUT2D eigenvalue weighted by molar-refractivity contribution is 5.90. The molecule has 1 aromatic rings. The number of cyclic esters (lactones) is 1. The third-order valence-corrected chi connectivity index (χ3v) is 4.97. The topological polar surface area (TPSA) is 108 Å². The van der Waals surface area contributed by atoms with Crippen LogP contribution in [0.1, 0.15) is 6.42 Å². The zero-order valence-electron chi connectivity index (χ0n) is 15.8. The molecular weight excluding hydrogens is 388 g/mol. The van der Waals surface area contributed by atoms with E-state index in [2.05, 4.69) is 5.32 Å². The lowest BCUT2D eigenvalue weighted by atomic mass is 10.2. The number of nitrogens with one attached hydrogen (secondary N) is 1. The third kappa shape index (κ3) is 4.56. The van der Waals surface area contributed by atoms with E-state index in [0.717, 1.165) is 17.0 Å². The van der Waals surface area contributed by atoms with Gasteiger partial charge in [0.1, 0.15) is 11.8 Å². The first-order chi connectivity index (χ1) is 13.9. The molecule has 3 N–H and O–H groups in total. The summed E-state index contributed by atoms with van der Waals surface area (Å²) in [7, 11) is 0. The molecule has 0 saturated carbocycles. The lowest BCUT2D eigenvalue weighted by Gasteiger charge is -2.36. The van der Waals surface area contributed by atoms with E-state index in [1.54, 1.807) is 4.90 Å². The standard InChI is InChI=1S/C18H23F2N5O4/c19-14-7-12(25-10-13(9-21)29-18(25)28)8-15(20)17(14)24-5-3-23(4-6-24)16(27)1-2-22-11-26/h7-8,11,13H,1-6,9-10,21H2,(H,22,26). The molecular formula is C18H23F2N5O4. The number of carbonyl (C=O) groups is 3. The molecule has 11 heteroatoms. The summed E-state index contributed by atoms with van der Waals surface area (Å²) >= 11 is 0. The van der Waals surface area contributed by atoms with Gasteiger partial charge in [-0.3, -0.25) is 14.5 Å². The maximum Gasteiger partial charge on any atom is 0.414 e. The van der Waals surface area contributed by atoms with Gasteiger partial charge in [-0.25, -0.2) is 13.6 Å². The van der Waals surface area contributed by atoms with E-state index in [1.165, 1.54) is 4.90 Å². The van der Waals surface area contributed by atoms with Crippen molar-refractivity contribution in [3.05, 3.63) is 23.8 Å². The number of benzene rings is 1. The predicted molar refractivity (Wildman–Crippen MR) is 101 cm³/mol. The minimum absolute atomic E-state index is 0.0705. The fourth-order valence-electron chi connectivity index (χ4n) is 3.44. The van der Waals surface area contributed by atoms with E-state index >= 15 is 0 Å². The summed E-state index contributed by atoms with van der Waals surface area (Å²) in [6, 6.07) is 2.20. The predicted octanol–water partition coefficient (Wildman–Crippen LogP) is 0.0334. The number of hydrogen-bond acceptors (Lipinski definition) is 6. The fraction of sp³-hybridized carbons (Fsp3) is 0.500. The summed E-state index contributed by atoms with van der Waals surface area (Å²) in [5.41, 5.74) is 5.36. The van der Waals surface area contributed by atoms with Gasteiger partial charge in [0.25, 0.3) is 0 Å². The van der Waals surface area contributed by atoms with Crippen LogP contribution in [0.3, 0.4) is 0 Å². The molecule has 2 aliphatic rings. The molecule has 0 bridgehead atoms. The first kappa shape index (κ1) is 20.8. The van der Waals surface area contributed by atoms with Crippen molar-refractivity contribution in [3.63, 3.8) is 0 Å². The number of piperazine rings is 1. The molecule has 1 atom stereocenters. The van der Waals surface area contributed by atoms with Crippen LogP contribution in [0, 0.1) is 11.6 Å². The molecule has 0 aromatic heterocycles. The van der Waals surface area contributed by atoms with Crippen LogP contribution in [0.4, 0.5) is 25.0 Å². The van der Waals surface area contributed by atoms with E-state index in [1.807, 2.05) is 0 Å². The van der Waals surface area contributed by atoms with Gasteiger partial charge in [0, 0.05) is 57.8 Å². The monoisotopic (exact) mass is 411 g/mol. The smallest absolute Gasteiger partial charge is 0.414 e. The molecule has 2 fully saturated rings. The molecule has 3 rings (SSSR count). The number of halogens is 2. The van der Waals surface area contributed by atoms with Crippen LogP contribution >= 0.6 is 0 Å². The molecule has 0 spiro atoms. The number of carbonyl (C=O) groups excluding carboxylic acids is 3. The van der Waals surface area contributed by atoms with Gasteiger partial charge < -0.3 is 25.6 Å². The van der Waals surface area contributed by atoms with Gasteiger partial charge in [-0.15, -0.1) is 0 Å². The molecule has 0 aliphatic carbocycles. The van der Waals surface area contributed by atoms with Crippen LogP contribution in [0.15, 0.2) is 12.1 Å². The lowest BCUT2D eigenvalue weighted by Crippen LogP contribution is -2.49. The van der Waals surface area contributed by atoms with Crippen molar-refractivity contribution in [2.24, 2.45) is 5.73 Å². The zero-order chi connectivity index (χ0) is 21.0. The number of anilines is 2. The summed E-state index contributed by atoms with van der Waals surface area (Å²) < 4.78 is 34.4. The minimum atomic E-state index is -0.793. The maximum absolute atomic E-state index is 14.7. The van der Waals surface area contributed by atoms with Crippen LogP contribution in [-0.4, -0.2) is 75.2 Å². The second kappa shape index (κ2) is 9.03. The Hall–Kier alpha value is -2.95. The summed E-state index contributed by atoms with van der Waals surface area (Å²) in [5, 5.41) is 2.42. The molecule has 2 saturated heterocycles. The average molecular weight is 411 g/mol. The first-order valence-electron chi connectivity index (χ1n) is 9.31. The van der Waals surface area contributed by atoms with E-state index < -0.39 is 23.8 Å². The number of nitrogens with zero attached hydrogens (tertiary/aromatic N) is 3. The van der Waals surface area contributed by atoms with Gasteiger partial charge in [0.15, 0.2) is 11.6 Å². The second-order valence-electron chi connectivity index (χ2n) is 6.80. The fourth-order valence-corrected chi connectivity index (χ4v) is 3.44. The quantitative estimate of drug-likeness (QED) is 0.484. The Morgan fingerprint density at radius 1 is 1.24 bits per heavy atom. The Morgan fingerprint density at radius 2 is 1.90 bits per heavy atom. The van der Waals surface area contributed by atoms with Gasteiger partial charge in [0.2, 0.25) is 12.3 Å². The van der Waals surface area contributed by atoms with Gasteiger partial charge in [-0.05, 0) is 0 Å². The Morgan fingerprint density at radius 3 is 2.45 bits per heavy atom. The van der Waals surface area contributed by atoms with Crippen molar-refractivity contribution in [3.8, 4) is 0 Å².